The van der Waals surface area contributed by atoms with Crippen LogP contribution in [0.25, 0.3) is 11.1 Å². The molecule has 0 amide bonds. The summed E-state index contributed by atoms with van der Waals surface area (Å²) < 4.78 is 18.6. The Morgan fingerprint density at radius 2 is 1.33 bits per heavy atom. The molecule has 0 saturated heterocycles. The van der Waals surface area contributed by atoms with Crippen molar-refractivity contribution in [2.24, 2.45) is 0 Å². The fraction of sp³-hybridized carbons (Fsp3) is 0.333. The van der Waals surface area contributed by atoms with Crippen LogP contribution in [0.15, 0.2) is 48.5 Å². The van der Waals surface area contributed by atoms with Gasteiger partial charge in [-0.25, -0.2) is 4.39 Å². The Kier molecular flexibility index (Phi) is 6.74. The summed E-state index contributed by atoms with van der Waals surface area (Å²) in [4.78, 5) is 0. The van der Waals surface area contributed by atoms with E-state index in [4.69, 9.17) is 4.74 Å². The maximum absolute atomic E-state index is 12.9. The van der Waals surface area contributed by atoms with Gasteiger partial charge in [-0.1, -0.05) is 53.0 Å². The van der Waals surface area contributed by atoms with E-state index in [0.29, 0.717) is 0 Å². The van der Waals surface area contributed by atoms with Crippen LogP contribution in [0, 0.1) is 5.82 Å². The van der Waals surface area contributed by atoms with E-state index in [0.717, 1.165) is 35.2 Å². The van der Waals surface area contributed by atoms with Crippen LogP contribution >= 0.6 is 15.9 Å². The molecule has 0 N–H and O–H groups in total. The van der Waals surface area contributed by atoms with E-state index in [1.54, 1.807) is 12.1 Å². The molecule has 0 atom stereocenters. The highest BCUT2D eigenvalue weighted by atomic mass is 79.9. The molecule has 0 heterocycles. The molecule has 0 spiro atoms. The summed E-state index contributed by atoms with van der Waals surface area (Å²) in [6.07, 6.45) is 4.77. The summed E-state index contributed by atoms with van der Waals surface area (Å²) in [5.74, 6) is 0.681. The van der Waals surface area contributed by atoms with Crippen molar-refractivity contribution in [1.29, 1.82) is 0 Å². The normalized spacial score (nSPS) is 10.6. The molecule has 0 radical (unpaired) electrons. The van der Waals surface area contributed by atoms with Crippen LogP contribution in [0.1, 0.15) is 25.7 Å². The third kappa shape index (κ3) is 5.50. The molecule has 2 aromatic rings. The van der Waals surface area contributed by atoms with Crippen LogP contribution in [0.2, 0.25) is 0 Å². The number of benzene rings is 2. The Bertz CT molecular complexity index is 522. The molecule has 0 aromatic heterocycles. The monoisotopic (exact) mass is 350 g/mol. The molecule has 1 nitrogen and oxygen atoms in total. The highest BCUT2D eigenvalue weighted by Crippen LogP contribution is 2.22. The number of ether oxygens (including phenoxy) is 1. The Hall–Kier alpha value is -1.35. The molecule has 112 valence electrons. The zero-order valence-electron chi connectivity index (χ0n) is 12.0. The molecule has 21 heavy (non-hydrogen) atoms. The van der Waals surface area contributed by atoms with E-state index in [2.05, 4.69) is 15.9 Å². The fourth-order valence-corrected chi connectivity index (χ4v) is 2.52. The molecular weight excluding hydrogens is 331 g/mol. The highest BCUT2D eigenvalue weighted by molar-refractivity contribution is 9.09. The number of hydrogen-bond donors (Lipinski definition) is 0. The highest BCUT2D eigenvalue weighted by Gasteiger charge is 1.99. The Labute approximate surface area is 134 Å². The number of alkyl halides is 1. The minimum atomic E-state index is -0.210. The molecule has 0 aliphatic heterocycles. The van der Waals surface area contributed by atoms with E-state index in [1.165, 1.54) is 31.4 Å². The molecule has 0 aliphatic carbocycles. The maximum atomic E-state index is 12.9. The fourth-order valence-electron chi connectivity index (χ4n) is 2.13. The van der Waals surface area contributed by atoms with Crippen molar-refractivity contribution >= 4 is 15.9 Å². The minimum absolute atomic E-state index is 0.210. The average Bonchev–Trinajstić information content (AvgIpc) is 2.52. The third-order valence-electron chi connectivity index (χ3n) is 3.33. The van der Waals surface area contributed by atoms with E-state index < -0.39 is 0 Å². The molecule has 0 saturated carbocycles. The van der Waals surface area contributed by atoms with Gasteiger partial charge in [-0.05, 0) is 48.2 Å². The Morgan fingerprint density at radius 3 is 1.95 bits per heavy atom. The van der Waals surface area contributed by atoms with Crippen molar-refractivity contribution in [1.82, 2.24) is 0 Å². The lowest BCUT2D eigenvalue weighted by Crippen LogP contribution is -1.97. The molecule has 0 bridgehead atoms. The van der Waals surface area contributed by atoms with Gasteiger partial charge in [0.05, 0.1) is 6.61 Å². The minimum Gasteiger partial charge on any atom is -0.494 e. The molecule has 0 unspecified atom stereocenters. The van der Waals surface area contributed by atoms with Crippen molar-refractivity contribution in [2.75, 3.05) is 11.9 Å². The van der Waals surface area contributed by atoms with Gasteiger partial charge in [0.15, 0.2) is 0 Å². The first-order chi connectivity index (χ1) is 10.3. The molecular formula is C18H20BrFO. The van der Waals surface area contributed by atoms with E-state index in [-0.39, 0.29) is 5.82 Å². The first kappa shape index (κ1) is 16.0. The maximum Gasteiger partial charge on any atom is 0.123 e. The summed E-state index contributed by atoms with van der Waals surface area (Å²) in [6, 6.07) is 14.5. The van der Waals surface area contributed by atoms with E-state index >= 15 is 0 Å². The SMILES string of the molecule is Fc1ccc(-c2ccc(OCCCCCCBr)cc2)cc1. The van der Waals surface area contributed by atoms with Crippen molar-refractivity contribution < 1.29 is 9.13 Å². The molecule has 0 aliphatic rings. The van der Waals surface area contributed by atoms with Gasteiger partial charge in [0, 0.05) is 5.33 Å². The van der Waals surface area contributed by atoms with Crippen LogP contribution in [0.5, 0.6) is 5.75 Å². The van der Waals surface area contributed by atoms with Crippen molar-refractivity contribution in [3.05, 3.63) is 54.3 Å². The Morgan fingerprint density at radius 1 is 0.762 bits per heavy atom. The smallest absolute Gasteiger partial charge is 0.123 e. The molecule has 3 heteroatoms. The molecule has 2 rings (SSSR count). The summed E-state index contributed by atoms with van der Waals surface area (Å²) >= 11 is 3.43. The summed E-state index contributed by atoms with van der Waals surface area (Å²) in [6.45, 7) is 0.762. The quantitative estimate of drug-likeness (QED) is 0.430. The van der Waals surface area contributed by atoms with Gasteiger partial charge in [0.25, 0.3) is 0 Å². The van der Waals surface area contributed by atoms with Gasteiger partial charge in [-0.15, -0.1) is 0 Å². The van der Waals surface area contributed by atoms with Gasteiger partial charge in [0.2, 0.25) is 0 Å². The standard InChI is InChI=1S/C18H20BrFO/c19-13-3-1-2-4-14-21-18-11-7-16(8-12-18)15-5-9-17(20)10-6-15/h5-12H,1-4,13-14H2. The number of hydrogen-bond acceptors (Lipinski definition) is 1. The lowest BCUT2D eigenvalue weighted by atomic mass is 10.1. The predicted octanol–water partition coefficient (Wildman–Crippen LogP) is 5.83. The van der Waals surface area contributed by atoms with Crippen LogP contribution in [0.3, 0.4) is 0 Å². The van der Waals surface area contributed by atoms with Crippen molar-refractivity contribution in [3.63, 3.8) is 0 Å². The lowest BCUT2D eigenvalue weighted by Gasteiger charge is -2.07. The zero-order valence-corrected chi connectivity index (χ0v) is 13.6. The second kappa shape index (κ2) is 8.83. The summed E-state index contributed by atoms with van der Waals surface area (Å²) in [5, 5.41) is 1.08. The van der Waals surface area contributed by atoms with Gasteiger partial charge in [-0.2, -0.15) is 0 Å². The van der Waals surface area contributed by atoms with Gasteiger partial charge in [-0.3, -0.25) is 0 Å². The topological polar surface area (TPSA) is 9.23 Å². The first-order valence-corrected chi connectivity index (χ1v) is 8.46. The van der Waals surface area contributed by atoms with Crippen LogP contribution < -0.4 is 4.74 Å². The second-order valence-corrected chi connectivity index (χ2v) is 5.78. The first-order valence-electron chi connectivity index (χ1n) is 7.34. The van der Waals surface area contributed by atoms with E-state index in [9.17, 15) is 4.39 Å². The van der Waals surface area contributed by atoms with Crippen LogP contribution in [0.4, 0.5) is 4.39 Å². The molecule has 0 fully saturated rings. The second-order valence-electron chi connectivity index (χ2n) is 4.98. The zero-order chi connectivity index (χ0) is 14.9. The van der Waals surface area contributed by atoms with Crippen LogP contribution in [-0.2, 0) is 0 Å². The predicted molar refractivity (Wildman–Crippen MR) is 89.6 cm³/mol. The van der Waals surface area contributed by atoms with Crippen molar-refractivity contribution in [3.8, 4) is 16.9 Å². The molecule has 2 aromatic carbocycles. The summed E-state index contributed by atoms with van der Waals surface area (Å²) in [5.41, 5.74) is 2.08. The number of rotatable bonds is 8. The van der Waals surface area contributed by atoms with Crippen LogP contribution in [-0.4, -0.2) is 11.9 Å². The third-order valence-corrected chi connectivity index (χ3v) is 3.89. The van der Waals surface area contributed by atoms with E-state index in [1.807, 2.05) is 24.3 Å². The lowest BCUT2D eigenvalue weighted by molar-refractivity contribution is 0.305. The largest absolute Gasteiger partial charge is 0.494 e. The van der Waals surface area contributed by atoms with Gasteiger partial charge < -0.3 is 4.74 Å². The Balaban J connectivity index is 1.80. The van der Waals surface area contributed by atoms with Gasteiger partial charge >= 0.3 is 0 Å². The number of unbranched alkanes of at least 4 members (excludes halogenated alkanes) is 3. The van der Waals surface area contributed by atoms with Crippen molar-refractivity contribution in [2.45, 2.75) is 25.7 Å². The summed E-state index contributed by atoms with van der Waals surface area (Å²) in [7, 11) is 0. The number of halogens is 2. The average molecular weight is 351 g/mol. The van der Waals surface area contributed by atoms with Gasteiger partial charge in [0.1, 0.15) is 11.6 Å².